The number of aliphatic imine (C=N–C) groups is 1. The molecule has 1 aliphatic rings. The van der Waals surface area contributed by atoms with Crippen LogP contribution in [0.1, 0.15) is 31.7 Å². The van der Waals surface area contributed by atoms with Crippen LogP contribution in [0.25, 0.3) is 0 Å². The molecule has 1 aromatic rings. The predicted octanol–water partition coefficient (Wildman–Crippen LogP) is 2.24. The van der Waals surface area contributed by atoms with Gasteiger partial charge in [-0.15, -0.1) is 24.0 Å². The van der Waals surface area contributed by atoms with Gasteiger partial charge in [-0.2, -0.15) is 0 Å². The highest BCUT2D eigenvalue weighted by Gasteiger charge is 2.19. The number of rotatable bonds is 8. The zero-order valence-corrected chi connectivity index (χ0v) is 17.6. The molecule has 0 aliphatic carbocycles. The van der Waals surface area contributed by atoms with Gasteiger partial charge >= 0.3 is 0 Å². The average molecular weight is 480 g/mol. The van der Waals surface area contributed by atoms with Crippen molar-refractivity contribution in [2.75, 3.05) is 37.7 Å². The number of hydrogen-bond donors (Lipinski definition) is 3. The third-order valence-corrected chi connectivity index (χ3v) is 4.22. The van der Waals surface area contributed by atoms with E-state index in [1.165, 1.54) is 6.07 Å². The minimum absolute atomic E-state index is 0. The molecule has 0 amide bonds. The van der Waals surface area contributed by atoms with Crippen molar-refractivity contribution in [2.24, 2.45) is 10.7 Å². The Morgan fingerprint density at radius 1 is 1.42 bits per heavy atom. The van der Waals surface area contributed by atoms with Gasteiger partial charge in [-0.1, -0.05) is 6.07 Å². The molecular formula is C18H30FIN4O2. The number of nitrogens with zero attached hydrogens (tertiary/aromatic N) is 2. The first-order valence-electron chi connectivity index (χ1n) is 8.93. The van der Waals surface area contributed by atoms with Gasteiger partial charge in [-0.3, -0.25) is 0 Å². The number of anilines is 1. The first-order chi connectivity index (χ1) is 12.1. The van der Waals surface area contributed by atoms with E-state index in [0.29, 0.717) is 63.9 Å². The molecule has 1 saturated heterocycles. The van der Waals surface area contributed by atoms with E-state index in [0.717, 1.165) is 12.0 Å². The van der Waals surface area contributed by atoms with E-state index < -0.39 is 0 Å². The number of nitrogens with two attached hydrogens (primary N) is 1. The Morgan fingerprint density at radius 2 is 2.15 bits per heavy atom. The molecule has 1 aromatic carbocycles. The first-order valence-corrected chi connectivity index (χ1v) is 8.93. The Hall–Kier alpha value is -1.13. The number of piperidine rings is 1. The number of hydrogen-bond acceptors (Lipinski definition) is 4. The summed E-state index contributed by atoms with van der Waals surface area (Å²) < 4.78 is 19.6. The highest BCUT2D eigenvalue weighted by Crippen LogP contribution is 2.24. The molecule has 0 radical (unpaired) electrons. The standard InChI is InChI=1S/C18H29FN4O2.HI/c1-2-25-11-3-8-21-18(20)22-13-14-4-5-17(16(19)12-14)23-9-6-15(24)7-10-23;/h4-5,12,15,24H,2-3,6-11,13H2,1H3,(H3,20,21,22);1H. The van der Waals surface area contributed by atoms with Crippen molar-refractivity contribution in [3.63, 3.8) is 0 Å². The monoisotopic (exact) mass is 480 g/mol. The molecule has 0 atom stereocenters. The molecule has 6 nitrogen and oxygen atoms in total. The van der Waals surface area contributed by atoms with Gasteiger partial charge in [0.15, 0.2) is 5.96 Å². The molecule has 2 rings (SSSR count). The van der Waals surface area contributed by atoms with Gasteiger partial charge in [0.05, 0.1) is 18.3 Å². The van der Waals surface area contributed by atoms with E-state index in [4.69, 9.17) is 10.5 Å². The van der Waals surface area contributed by atoms with E-state index in [2.05, 4.69) is 10.3 Å². The minimum atomic E-state index is -0.267. The van der Waals surface area contributed by atoms with E-state index in [1.54, 1.807) is 6.07 Å². The number of guanidine groups is 1. The third kappa shape index (κ3) is 7.63. The number of nitrogens with one attached hydrogen (secondary N) is 1. The topological polar surface area (TPSA) is 83.1 Å². The van der Waals surface area contributed by atoms with E-state index in [1.807, 2.05) is 17.9 Å². The van der Waals surface area contributed by atoms with Crippen molar-refractivity contribution in [2.45, 2.75) is 38.8 Å². The summed E-state index contributed by atoms with van der Waals surface area (Å²) in [4.78, 5) is 6.21. The maximum Gasteiger partial charge on any atom is 0.188 e. The maximum atomic E-state index is 14.4. The van der Waals surface area contributed by atoms with Crippen molar-refractivity contribution in [1.29, 1.82) is 0 Å². The van der Waals surface area contributed by atoms with Crippen molar-refractivity contribution in [1.82, 2.24) is 5.32 Å². The second kappa shape index (κ2) is 12.3. The fourth-order valence-corrected chi connectivity index (χ4v) is 2.78. The molecule has 0 spiro atoms. The lowest BCUT2D eigenvalue weighted by atomic mass is 10.1. The van der Waals surface area contributed by atoms with E-state index in [-0.39, 0.29) is 35.9 Å². The molecule has 0 unspecified atom stereocenters. The molecule has 1 aliphatic heterocycles. The maximum absolute atomic E-state index is 14.4. The molecule has 4 N–H and O–H groups in total. The van der Waals surface area contributed by atoms with Crippen LogP contribution < -0.4 is 16.0 Å². The molecule has 1 heterocycles. The van der Waals surface area contributed by atoms with Gasteiger partial charge < -0.3 is 25.8 Å². The second-order valence-electron chi connectivity index (χ2n) is 6.18. The number of aliphatic hydroxyl groups is 1. The molecule has 8 heteroatoms. The summed E-state index contributed by atoms with van der Waals surface area (Å²) >= 11 is 0. The number of aliphatic hydroxyl groups excluding tert-OH is 1. The largest absolute Gasteiger partial charge is 0.393 e. The zero-order valence-electron chi connectivity index (χ0n) is 15.3. The number of benzene rings is 1. The molecule has 0 bridgehead atoms. The van der Waals surface area contributed by atoms with Crippen LogP contribution in [0.4, 0.5) is 10.1 Å². The molecule has 0 saturated carbocycles. The van der Waals surface area contributed by atoms with E-state index in [9.17, 15) is 9.50 Å². The normalized spacial score (nSPS) is 15.7. The molecule has 148 valence electrons. The Balaban J connectivity index is 0.00000338. The summed E-state index contributed by atoms with van der Waals surface area (Å²) in [5.74, 6) is 0.0957. The van der Waals surface area contributed by atoms with Crippen molar-refractivity contribution in [3.05, 3.63) is 29.6 Å². The van der Waals surface area contributed by atoms with Gasteiger partial charge in [-0.05, 0) is 43.9 Å². The fourth-order valence-electron chi connectivity index (χ4n) is 2.78. The quantitative estimate of drug-likeness (QED) is 0.230. The highest BCUT2D eigenvalue weighted by atomic mass is 127. The summed E-state index contributed by atoms with van der Waals surface area (Å²) in [6, 6.07) is 5.16. The van der Waals surface area contributed by atoms with Gasteiger partial charge in [0.2, 0.25) is 0 Å². The molecular weight excluding hydrogens is 450 g/mol. The van der Waals surface area contributed by atoms with Crippen molar-refractivity contribution in [3.8, 4) is 0 Å². The van der Waals surface area contributed by atoms with Crippen LogP contribution in [0.15, 0.2) is 23.2 Å². The van der Waals surface area contributed by atoms with E-state index >= 15 is 0 Å². The van der Waals surface area contributed by atoms with Crippen LogP contribution >= 0.6 is 24.0 Å². The van der Waals surface area contributed by atoms with Gasteiger partial charge in [0.25, 0.3) is 0 Å². The summed E-state index contributed by atoms with van der Waals surface area (Å²) in [6.45, 7) is 5.74. The fraction of sp³-hybridized carbons (Fsp3) is 0.611. The molecule has 1 fully saturated rings. The smallest absolute Gasteiger partial charge is 0.188 e. The summed E-state index contributed by atoms with van der Waals surface area (Å²) in [6.07, 6.45) is 1.95. The lowest BCUT2D eigenvalue weighted by Gasteiger charge is -2.31. The van der Waals surface area contributed by atoms with Crippen LogP contribution in [-0.4, -0.2) is 50.0 Å². The lowest BCUT2D eigenvalue weighted by molar-refractivity contribution is 0.145. The third-order valence-electron chi connectivity index (χ3n) is 4.22. The van der Waals surface area contributed by atoms with Gasteiger partial charge in [0, 0.05) is 32.8 Å². The molecule has 26 heavy (non-hydrogen) atoms. The van der Waals surface area contributed by atoms with Crippen LogP contribution in [0.5, 0.6) is 0 Å². The Kier molecular flexibility index (Phi) is 10.8. The number of ether oxygens (including phenoxy) is 1. The first kappa shape index (κ1) is 22.9. The van der Waals surface area contributed by atoms with Crippen molar-refractivity contribution >= 4 is 35.6 Å². The van der Waals surface area contributed by atoms with Crippen LogP contribution in [0.3, 0.4) is 0 Å². The summed E-state index contributed by atoms with van der Waals surface area (Å²) in [5, 5.41) is 12.6. The van der Waals surface area contributed by atoms with Crippen LogP contribution in [-0.2, 0) is 11.3 Å². The minimum Gasteiger partial charge on any atom is -0.393 e. The SMILES string of the molecule is CCOCCCNC(N)=NCc1ccc(N2CCC(O)CC2)c(F)c1.I. The number of halogens is 2. The second-order valence-corrected chi connectivity index (χ2v) is 6.18. The molecule has 0 aromatic heterocycles. The average Bonchev–Trinajstić information content (AvgIpc) is 2.61. The summed E-state index contributed by atoms with van der Waals surface area (Å²) in [5.41, 5.74) is 7.17. The Bertz CT molecular complexity index is 566. The highest BCUT2D eigenvalue weighted by molar-refractivity contribution is 14.0. The summed E-state index contributed by atoms with van der Waals surface area (Å²) in [7, 11) is 0. The van der Waals surface area contributed by atoms with Gasteiger partial charge in [0.1, 0.15) is 5.82 Å². The van der Waals surface area contributed by atoms with Crippen LogP contribution in [0.2, 0.25) is 0 Å². The Labute approximate surface area is 172 Å². The Morgan fingerprint density at radius 3 is 2.81 bits per heavy atom. The zero-order chi connectivity index (χ0) is 18.1. The van der Waals surface area contributed by atoms with Crippen molar-refractivity contribution < 1.29 is 14.2 Å². The lowest BCUT2D eigenvalue weighted by Crippen LogP contribution is -2.36. The van der Waals surface area contributed by atoms with Crippen LogP contribution in [0, 0.1) is 5.82 Å². The van der Waals surface area contributed by atoms with Gasteiger partial charge in [-0.25, -0.2) is 9.38 Å². The predicted molar refractivity (Wildman–Crippen MR) is 114 cm³/mol.